The lowest BCUT2D eigenvalue weighted by Gasteiger charge is -2.01. The molecule has 0 saturated carbocycles. The van der Waals surface area contributed by atoms with Crippen molar-refractivity contribution in [2.24, 2.45) is 5.92 Å². The molecule has 0 amide bonds. The molecule has 0 radical (unpaired) electrons. The van der Waals surface area contributed by atoms with E-state index in [2.05, 4.69) is 18.8 Å². The van der Waals surface area contributed by atoms with Crippen LogP contribution in [0.1, 0.15) is 30.0 Å². The molecule has 4 nitrogen and oxygen atoms in total. The van der Waals surface area contributed by atoms with Crippen molar-refractivity contribution in [1.82, 2.24) is 9.38 Å². The normalized spacial score (nSPS) is 11.1. The summed E-state index contributed by atoms with van der Waals surface area (Å²) in [4.78, 5) is 16.1. The maximum atomic E-state index is 11.6. The average Bonchev–Trinajstić information content (AvgIpc) is 2.68. The van der Waals surface area contributed by atoms with E-state index in [4.69, 9.17) is 4.74 Å². The zero-order valence-corrected chi connectivity index (χ0v) is 10.3. The van der Waals surface area contributed by atoms with Gasteiger partial charge in [-0.25, -0.2) is 9.78 Å². The first kappa shape index (κ1) is 11.6. The lowest BCUT2D eigenvalue weighted by atomic mass is 10.1. The molecule has 4 heteroatoms. The van der Waals surface area contributed by atoms with E-state index in [-0.39, 0.29) is 5.97 Å². The van der Waals surface area contributed by atoms with E-state index in [0.717, 1.165) is 17.8 Å². The summed E-state index contributed by atoms with van der Waals surface area (Å²) in [6.45, 7) is 4.29. The summed E-state index contributed by atoms with van der Waals surface area (Å²) in [6.07, 6.45) is 2.81. The fourth-order valence-corrected chi connectivity index (χ4v) is 1.85. The quantitative estimate of drug-likeness (QED) is 0.763. The van der Waals surface area contributed by atoms with Crippen LogP contribution in [0.2, 0.25) is 0 Å². The first-order chi connectivity index (χ1) is 8.11. The van der Waals surface area contributed by atoms with Crippen LogP contribution in [0.5, 0.6) is 0 Å². The van der Waals surface area contributed by atoms with E-state index in [1.54, 1.807) is 10.5 Å². The molecule has 2 aromatic rings. The van der Waals surface area contributed by atoms with Crippen molar-refractivity contribution in [3.63, 3.8) is 0 Å². The molecule has 2 heterocycles. The van der Waals surface area contributed by atoms with Crippen LogP contribution in [0.3, 0.4) is 0 Å². The second-order valence-electron chi connectivity index (χ2n) is 4.46. The van der Waals surface area contributed by atoms with Crippen LogP contribution in [0.4, 0.5) is 0 Å². The van der Waals surface area contributed by atoms with Crippen molar-refractivity contribution in [3.05, 3.63) is 35.8 Å². The number of esters is 1. The number of methoxy groups -OCH3 is 1. The molecule has 0 spiro atoms. The Bertz CT molecular complexity index is 543. The molecular formula is C13H16N2O2. The highest BCUT2D eigenvalue weighted by molar-refractivity contribution is 5.88. The predicted octanol–water partition coefficient (Wildman–Crippen LogP) is 2.32. The van der Waals surface area contributed by atoms with Gasteiger partial charge in [0.15, 0.2) is 0 Å². The van der Waals surface area contributed by atoms with Crippen LogP contribution in [-0.2, 0) is 11.2 Å². The Morgan fingerprint density at radius 2 is 2.24 bits per heavy atom. The van der Waals surface area contributed by atoms with Gasteiger partial charge in [-0.3, -0.25) is 4.40 Å². The van der Waals surface area contributed by atoms with Gasteiger partial charge in [0.2, 0.25) is 0 Å². The van der Waals surface area contributed by atoms with Crippen LogP contribution in [0.15, 0.2) is 24.4 Å². The molecule has 0 fully saturated rings. The molecule has 2 rings (SSSR count). The number of imidazole rings is 1. The maximum Gasteiger partial charge on any atom is 0.355 e. The van der Waals surface area contributed by atoms with Crippen LogP contribution >= 0.6 is 0 Å². The van der Waals surface area contributed by atoms with Crippen LogP contribution < -0.4 is 0 Å². The number of carbonyl (C=O) groups is 1. The molecule has 0 aromatic carbocycles. The Labute approximate surface area is 100 Å². The third-order valence-corrected chi connectivity index (χ3v) is 2.55. The molecule has 0 aliphatic carbocycles. The van der Waals surface area contributed by atoms with Gasteiger partial charge >= 0.3 is 5.97 Å². The van der Waals surface area contributed by atoms with Crippen molar-refractivity contribution >= 4 is 11.6 Å². The van der Waals surface area contributed by atoms with Gasteiger partial charge in [0.05, 0.1) is 12.8 Å². The summed E-state index contributed by atoms with van der Waals surface area (Å²) in [5.41, 5.74) is 2.28. The van der Waals surface area contributed by atoms with Crippen molar-refractivity contribution in [3.8, 4) is 0 Å². The predicted molar refractivity (Wildman–Crippen MR) is 65.1 cm³/mol. The first-order valence-corrected chi connectivity index (χ1v) is 5.67. The fourth-order valence-electron chi connectivity index (χ4n) is 1.85. The minimum absolute atomic E-state index is 0.343. The van der Waals surface area contributed by atoms with Crippen LogP contribution in [-0.4, -0.2) is 22.5 Å². The summed E-state index contributed by atoms with van der Waals surface area (Å²) in [5, 5.41) is 0. The number of rotatable bonds is 3. The Balaban J connectivity index is 2.49. The molecule has 0 aliphatic rings. The van der Waals surface area contributed by atoms with Crippen LogP contribution in [0.25, 0.3) is 5.65 Å². The zero-order valence-electron chi connectivity index (χ0n) is 10.3. The molecule has 0 atom stereocenters. The number of pyridine rings is 1. The summed E-state index contributed by atoms with van der Waals surface area (Å²) in [6, 6.07) is 5.43. The summed E-state index contributed by atoms with van der Waals surface area (Å²) < 4.78 is 6.53. The van der Waals surface area contributed by atoms with Gasteiger partial charge in [-0.05, 0) is 24.5 Å². The molecular weight excluding hydrogens is 216 g/mol. The first-order valence-electron chi connectivity index (χ1n) is 5.67. The molecule has 0 unspecified atom stereocenters. The Hall–Kier alpha value is -1.84. The second kappa shape index (κ2) is 4.57. The second-order valence-corrected chi connectivity index (χ2v) is 4.46. The minimum atomic E-state index is -0.343. The summed E-state index contributed by atoms with van der Waals surface area (Å²) in [5.74, 6) is 0.200. The lowest BCUT2D eigenvalue weighted by Crippen LogP contribution is -2.06. The zero-order chi connectivity index (χ0) is 12.4. The Morgan fingerprint density at radius 3 is 2.88 bits per heavy atom. The number of fused-ring (bicyclic) bond motifs is 1. The van der Waals surface area contributed by atoms with Crippen LogP contribution in [0, 0.1) is 5.92 Å². The standard InChI is InChI=1S/C13H16N2O2/c1-9(2)7-10-8-15-11(13(16)17-3)5-4-6-12(15)14-10/h4-6,8-9H,7H2,1-3H3. The van der Waals surface area contributed by atoms with Gasteiger partial charge in [0, 0.05) is 6.20 Å². The minimum Gasteiger partial charge on any atom is -0.464 e. The highest BCUT2D eigenvalue weighted by atomic mass is 16.5. The number of hydrogen-bond donors (Lipinski definition) is 0. The monoisotopic (exact) mass is 232 g/mol. The highest BCUT2D eigenvalue weighted by Crippen LogP contribution is 2.13. The smallest absolute Gasteiger partial charge is 0.355 e. The maximum absolute atomic E-state index is 11.6. The number of carbonyl (C=O) groups excluding carboxylic acids is 1. The van der Waals surface area contributed by atoms with E-state index in [0.29, 0.717) is 11.6 Å². The van der Waals surface area contributed by atoms with Gasteiger partial charge in [0.1, 0.15) is 11.3 Å². The molecule has 2 aromatic heterocycles. The molecule has 90 valence electrons. The van der Waals surface area contributed by atoms with Gasteiger partial charge in [-0.2, -0.15) is 0 Å². The molecule has 0 saturated heterocycles. The summed E-state index contributed by atoms with van der Waals surface area (Å²) >= 11 is 0. The molecule has 0 N–H and O–H groups in total. The fraction of sp³-hybridized carbons (Fsp3) is 0.385. The SMILES string of the molecule is COC(=O)c1cccc2nc(CC(C)C)cn12. The van der Waals surface area contributed by atoms with Gasteiger partial charge in [-0.1, -0.05) is 19.9 Å². The average molecular weight is 232 g/mol. The van der Waals surface area contributed by atoms with E-state index < -0.39 is 0 Å². The third kappa shape index (κ3) is 2.30. The number of nitrogens with zero attached hydrogens (tertiary/aromatic N) is 2. The number of hydrogen-bond acceptors (Lipinski definition) is 3. The van der Waals surface area contributed by atoms with Crippen molar-refractivity contribution in [2.45, 2.75) is 20.3 Å². The third-order valence-electron chi connectivity index (χ3n) is 2.55. The van der Waals surface area contributed by atoms with Crippen molar-refractivity contribution < 1.29 is 9.53 Å². The van der Waals surface area contributed by atoms with Crippen molar-refractivity contribution in [1.29, 1.82) is 0 Å². The van der Waals surface area contributed by atoms with E-state index in [1.807, 2.05) is 18.3 Å². The van der Waals surface area contributed by atoms with E-state index in [1.165, 1.54) is 7.11 Å². The molecule has 0 bridgehead atoms. The topological polar surface area (TPSA) is 43.6 Å². The number of aromatic nitrogens is 2. The Kier molecular flexibility index (Phi) is 3.13. The van der Waals surface area contributed by atoms with Crippen molar-refractivity contribution in [2.75, 3.05) is 7.11 Å². The van der Waals surface area contributed by atoms with E-state index in [9.17, 15) is 4.79 Å². The number of ether oxygens (including phenoxy) is 1. The summed E-state index contributed by atoms with van der Waals surface area (Å²) in [7, 11) is 1.38. The van der Waals surface area contributed by atoms with Gasteiger partial charge in [-0.15, -0.1) is 0 Å². The van der Waals surface area contributed by atoms with E-state index >= 15 is 0 Å². The Morgan fingerprint density at radius 1 is 1.47 bits per heavy atom. The van der Waals surface area contributed by atoms with Gasteiger partial charge < -0.3 is 4.74 Å². The van der Waals surface area contributed by atoms with Gasteiger partial charge in [0.25, 0.3) is 0 Å². The molecule has 17 heavy (non-hydrogen) atoms. The molecule has 0 aliphatic heterocycles. The lowest BCUT2D eigenvalue weighted by molar-refractivity contribution is 0.0592. The highest BCUT2D eigenvalue weighted by Gasteiger charge is 2.12. The largest absolute Gasteiger partial charge is 0.464 e.